The average Bonchev–Trinajstić information content (AvgIpc) is 2.49. The van der Waals surface area contributed by atoms with Crippen molar-refractivity contribution in [2.75, 3.05) is 6.54 Å². The molecule has 2 rings (SSSR count). The van der Waals surface area contributed by atoms with Crippen molar-refractivity contribution in [3.63, 3.8) is 0 Å². The largest absolute Gasteiger partial charge is 0.435 e. The maximum Gasteiger partial charge on any atom is 0.387 e. The second kappa shape index (κ2) is 8.22. The second-order valence-electron chi connectivity index (χ2n) is 4.93. The van der Waals surface area contributed by atoms with Crippen LogP contribution in [-0.2, 0) is 17.6 Å². The number of benzene rings is 2. The Labute approximate surface area is 132 Å². The van der Waals surface area contributed by atoms with Gasteiger partial charge in [0, 0.05) is 6.54 Å². The van der Waals surface area contributed by atoms with E-state index in [-0.39, 0.29) is 23.9 Å². The van der Waals surface area contributed by atoms with Crippen molar-refractivity contribution in [3.05, 3.63) is 65.5 Å². The van der Waals surface area contributed by atoms with Gasteiger partial charge in [-0.15, -0.1) is 0 Å². The zero-order valence-corrected chi connectivity index (χ0v) is 12.3. The van der Waals surface area contributed by atoms with E-state index < -0.39 is 6.61 Å². The summed E-state index contributed by atoms with van der Waals surface area (Å²) in [5.41, 5.74) is 1.49. The highest BCUT2D eigenvalue weighted by atomic mass is 19.3. The van der Waals surface area contributed by atoms with Gasteiger partial charge in [-0.1, -0.05) is 24.3 Å². The quantitative estimate of drug-likeness (QED) is 0.849. The molecule has 0 fully saturated rings. The topological polar surface area (TPSA) is 38.3 Å². The first kappa shape index (κ1) is 16.9. The second-order valence-corrected chi connectivity index (χ2v) is 4.93. The van der Waals surface area contributed by atoms with Crippen LogP contribution in [0.2, 0.25) is 0 Å². The lowest BCUT2D eigenvalue weighted by Crippen LogP contribution is -2.27. The SMILES string of the molecule is O=C(Cc1ccc(OC(F)F)cc1)NCCc1cccc(F)c1. The van der Waals surface area contributed by atoms with Gasteiger partial charge in [0.2, 0.25) is 5.91 Å². The van der Waals surface area contributed by atoms with E-state index in [0.29, 0.717) is 18.5 Å². The summed E-state index contributed by atoms with van der Waals surface area (Å²) >= 11 is 0. The van der Waals surface area contributed by atoms with E-state index in [1.807, 2.05) is 0 Å². The molecule has 122 valence electrons. The van der Waals surface area contributed by atoms with Gasteiger partial charge in [-0.2, -0.15) is 8.78 Å². The van der Waals surface area contributed by atoms with Crippen molar-refractivity contribution in [3.8, 4) is 5.75 Å². The summed E-state index contributed by atoms with van der Waals surface area (Å²) in [5, 5.41) is 2.73. The van der Waals surface area contributed by atoms with Gasteiger partial charge in [-0.25, -0.2) is 4.39 Å². The van der Waals surface area contributed by atoms with Gasteiger partial charge in [0.1, 0.15) is 11.6 Å². The van der Waals surface area contributed by atoms with Crippen molar-refractivity contribution in [1.82, 2.24) is 5.32 Å². The number of amides is 1. The van der Waals surface area contributed by atoms with Gasteiger partial charge in [0.15, 0.2) is 0 Å². The molecule has 0 unspecified atom stereocenters. The molecule has 0 aliphatic rings. The van der Waals surface area contributed by atoms with Gasteiger partial charge < -0.3 is 10.1 Å². The smallest absolute Gasteiger partial charge is 0.387 e. The number of ether oxygens (including phenoxy) is 1. The molecular formula is C17H16F3NO2. The van der Waals surface area contributed by atoms with Crippen LogP contribution >= 0.6 is 0 Å². The Hall–Kier alpha value is -2.50. The number of hydrogen-bond acceptors (Lipinski definition) is 2. The van der Waals surface area contributed by atoms with E-state index in [1.165, 1.54) is 24.3 Å². The molecule has 2 aromatic rings. The highest BCUT2D eigenvalue weighted by molar-refractivity contribution is 5.78. The van der Waals surface area contributed by atoms with E-state index in [0.717, 1.165) is 5.56 Å². The lowest BCUT2D eigenvalue weighted by atomic mass is 10.1. The molecule has 0 aliphatic heterocycles. The number of carbonyl (C=O) groups is 1. The van der Waals surface area contributed by atoms with Crippen LogP contribution in [0.1, 0.15) is 11.1 Å². The fourth-order valence-corrected chi connectivity index (χ4v) is 2.08. The van der Waals surface area contributed by atoms with E-state index in [9.17, 15) is 18.0 Å². The van der Waals surface area contributed by atoms with Crippen LogP contribution in [0.25, 0.3) is 0 Å². The molecule has 0 bridgehead atoms. The Morgan fingerprint density at radius 1 is 1.09 bits per heavy atom. The molecule has 0 spiro atoms. The van der Waals surface area contributed by atoms with Gasteiger partial charge >= 0.3 is 6.61 Å². The van der Waals surface area contributed by atoms with Crippen molar-refractivity contribution >= 4 is 5.91 Å². The van der Waals surface area contributed by atoms with Crippen LogP contribution in [0.5, 0.6) is 5.75 Å². The minimum Gasteiger partial charge on any atom is -0.435 e. The lowest BCUT2D eigenvalue weighted by molar-refractivity contribution is -0.120. The van der Waals surface area contributed by atoms with Crippen LogP contribution in [0, 0.1) is 5.82 Å². The summed E-state index contributed by atoms with van der Waals surface area (Å²) in [7, 11) is 0. The first-order valence-electron chi connectivity index (χ1n) is 7.08. The number of halogens is 3. The van der Waals surface area contributed by atoms with Gasteiger partial charge in [-0.3, -0.25) is 4.79 Å². The van der Waals surface area contributed by atoms with Crippen molar-refractivity contribution in [1.29, 1.82) is 0 Å². The zero-order valence-electron chi connectivity index (χ0n) is 12.3. The Balaban J connectivity index is 1.76. The summed E-state index contributed by atoms with van der Waals surface area (Å²) in [4.78, 5) is 11.8. The van der Waals surface area contributed by atoms with E-state index >= 15 is 0 Å². The molecule has 0 radical (unpaired) electrons. The molecular weight excluding hydrogens is 307 g/mol. The summed E-state index contributed by atoms with van der Waals surface area (Å²) in [6.45, 7) is -2.47. The number of nitrogens with one attached hydrogen (secondary N) is 1. The monoisotopic (exact) mass is 323 g/mol. The van der Waals surface area contributed by atoms with Crippen LogP contribution in [0.4, 0.5) is 13.2 Å². The van der Waals surface area contributed by atoms with Crippen LogP contribution in [-0.4, -0.2) is 19.1 Å². The summed E-state index contributed by atoms with van der Waals surface area (Å²) in [5.74, 6) is -0.445. The molecule has 0 heterocycles. The van der Waals surface area contributed by atoms with Crippen molar-refractivity contribution in [2.24, 2.45) is 0 Å². The molecule has 0 atom stereocenters. The maximum absolute atomic E-state index is 13.0. The van der Waals surface area contributed by atoms with Crippen molar-refractivity contribution < 1.29 is 22.7 Å². The third-order valence-corrected chi connectivity index (χ3v) is 3.14. The third kappa shape index (κ3) is 6.02. The highest BCUT2D eigenvalue weighted by Crippen LogP contribution is 2.15. The van der Waals surface area contributed by atoms with Gasteiger partial charge in [0.25, 0.3) is 0 Å². The molecule has 0 aromatic heterocycles. The summed E-state index contributed by atoms with van der Waals surface area (Å²) < 4.78 is 41.3. The first-order chi connectivity index (χ1) is 11.0. The Morgan fingerprint density at radius 2 is 1.83 bits per heavy atom. The number of alkyl halides is 2. The normalized spacial score (nSPS) is 10.6. The van der Waals surface area contributed by atoms with Crippen LogP contribution in [0.15, 0.2) is 48.5 Å². The Morgan fingerprint density at radius 3 is 2.48 bits per heavy atom. The van der Waals surface area contributed by atoms with Crippen LogP contribution < -0.4 is 10.1 Å². The fraction of sp³-hybridized carbons (Fsp3) is 0.235. The molecule has 6 heteroatoms. The zero-order chi connectivity index (χ0) is 16.7. The first-order valence-corrected chi connectivity index (χ1v) is 7.08. The molecule has 0 saturated carbocycles. The minimum absolute atomic E-state index is 0.0512. The van der Waals surface area contributed by atoms with Crippen LogP contribution in [0.3, 0.4) is 0 Å². The number of rotatable bonds is 7. The van der Waals surface area contributed by atoms with Crippen molar-refractivity contribution in [2.45, 2.75) is 19.5 Å². The Kier molecular flexibility index (Phi) is 6.02. The average molecular weight is 323 g/mol. The predicted molar refractivity (Wildman–Crippen MR) is 79.9 cm³/mol. The number of carbonyl (C=O) groups excluding carboxylic acids is 1. The molecule has 0 saturated heterocycles. The maximum atomic E-state index is 13.0. The number of hydrogen-bond donors (Lipinski definition) is 1. The predicted octanol–water partition coefficient (Wildman–Crippen LogP) is 3.33. The van der Waals surface area contributed by atoms with E-state index in [2.05, 4.69) is 10.1 Å². The molecule has 23 heavy (non-hydrogen) atoms. The van der Waals surface area contributed by atoms with Gasteiger partial charge in [-0.05, 0) is 41.8 Å². The summed E-state index contributed by atoms with van der Waals surface area (Å²) in [6, 6.07) is 12.1. The molecule has 1 N–H and O–H groups in total. The molecule has 2 aromatic carbocycles. The molecule has 1 amide bonds. The third-order valence-electron chi connectivity index (χ3n) is 3.14. The standard InChI is InChI=1S/C17H16F3NO2/c18-14-3-1-2-12(10-14)8-9-21-16(22)11-13-4-6-15(7-5-13)23-17(19)20/h1-7,10,17H,8-9,11H2,(H,21,22). The lowest BCUT2D eigenvalue weighted by Gasteiger charge is -2.07. The summed E-state index contributed by atoms with van der Waals surface area (Å²) in [6.07, 6.45) is 0.669. The highest BCUT2D eigenvalue weighted by Gasteiger charge is 2.06. The molecule has 0 aliphatic carbocycles. The van der Waals surface area contributed by atoms with Gasteiger partial charge in [0.05, 0.1) is 6.42 Å². The fourth-order valence-electron chi connectivity index (χ4n) is 2.08. The minimum atomic E-state index is -2.87. The molecule has 3 nitrogen and oxygen atoms in total. The van der Waals surface area contributed by atoms with E-state index in [1.54, 1.807) is 24.3 Å². The Bertz CT molecular complexity index is 645. The van der Waals surface area contributed by atoms with E-state index in [4.69, 9.17) is 0 Å².